The Kier molecular flexibility index (Phi) is 8.29. The number of phenols is 1. The molecule has 0 spiro atoms. The van der Waals surface area contributed by atoms with E-state index in [1.165, 1.54) is 66.3 Å². The van der Waals surface area contributed by atoms with E-state index < -0.39 is 20.2 Å². The first-order valence-corrected chi connectivity index (χ1v) is 12.4. The molecule has 10 heteroatoms. The lowest BCUT2D eigenvalue weighted by molar-refractivity contribution is -0.673. The second-order valence-electron chi connectivity index (χ2n) is 6.88. The van der Waals surface area contributed by atoms with Gasteiger partial charge in [0.15, 0.2) is 17.3 Å². The summed E-state index contributed by atoms with van der Waals surface area (Å²) in [6, 6.07) is 6.10. The summed E-state index contributed by atoms with van der Waals surface area (Å²) >= 11 is 0. The lowest BCUT2D eigenvalue weighted by atomic mass is 10.1. The number of rotatable bonds is 8. The van der Waals surface area contributed by atoms with Gasteiger partial charge in [0.2, 0.25) is 0 Å². The SMILES string of the molecule is C=C/C=C(/C=C/c1ccc(O)c(/C=C/c2cc[n+](C)cc2S(=O)(=O)O)c1)C(=C/C)\S(=O)(=O)O. The van der Waals surface area contributed by atoms with Crippen LogP contribution in [0.2, 0.25) is 0 Å². The highest BCUT2D eigenvalue weighted by atomic mass is 32.2. The van der Waals surface area contributed by atoms with Crippen molar-refractivity contribution in [2.24, 2.45) is 7.05 Å². The average Bonchev–Trinajstić information content (AvgIpc) is 2.71. The van der Waals surface area contributed by atoms with Crippen LogP contribution >= 0.6 is 0 Å². The van der Waals surface area contributed by atoms with Crippen LogP contribution in [0.4, 0.5) is 0 Å². The van der Waals surface area contributed by atoms with E-state index in [1.807, 2.05) is 0 Å². The zero-order valence-corrected chi connectivity index (χ0v) is 19.6. The molecule has 0 saturated heterocycles. The van der Waals surface area contributed by atoms with Crippen molar-refractivity contribution < 1.29 is 35.6 Å². The molecule has 1 aromatic carbocycles. The minimum absolute atomic E-state index is 0.0766. The van der Waals surface area contributed by atoms with Gasteiger partial charge in [-0.05, 0) is 30.2 Å². The van der Waals surface area contributed by atoms with Crippen molar-refractivity contribution in [1.82, 2.24) is 0 Å². The van der Waals surface area contributed by atoms with E-state index in [9.17, 15) is 31.0 Å². The molecule has 3 N–H and O–H groups in total. The standard InChI is InChI=1S/C23H23NO7S2/c1-4-6-18(22(5-2)32(26,27)28)9-7-17-8-12-21(25)20(15-17)11-10-19-13-14-24(3)16-23(19)33(29,30)31/h4-16H,1H2,2-3H3,(H2,26,27,28,29,30,31)/p+1/b9-7+,18-6-,22-5+. The number of hydrogen-bond donors (Lipinski definition) is 3. The van der Waals surface area contributed by atoms with Crippen LogP contribution in [0.15, 0.2) is 82.9 Å². The van der Waals surface area contributed by atoms with Crippen molar-refractivity contribution in [2.45, 2.75) is 11.8 Å². The first kappa shape index (κ1) is 25.9. The molecule has 33 heavy (non-hydrogen) atoms. The molecule has 0 aliphatic heterocycles. The zero-order valence-electron chi connectivity index (χ0n) is 18.0. The molecule has 1 aromatic heterocycles. The first-order valence-electron chi connectivity index (χ1n) is 9.49. The molecular formula is C23H24NO7S2+. The van der Waals surface area contributed by atoms with Crippen LogP contribution in [-0.2, 0) is 27.3 Å². The number of pyridine rings is 1. The summed E-state index contributed by atoms with van der Waals surface area (Å²) in [6.07, 6.45) is 12.9. The maximum Gasteiger partial charge on any atom is 0.301 e. The Morgan fingerprint density at radius 1 is 1.03 bits per heavy atom. The van der Waals surface area contributed by atoms with E-state index >= 15 is 0 Å². The van der Waals surface area contributed by atoms with E-state index in [0.29, 0.717) is 11.1 Å². The number of aromatic hydroxyl groups is 1. The van der Waals surface area contributed by atoms with Crippen LogP contribution in [0.25, 0.3) is 18.2 Å². The zero-order chi connectivity index (χ0) is 24.8. The summed E-state index contributed by atoms with van der Waals surface area (Å²) < 4.78 is 66.9. The van der Waals surface area contributed by atoms with Crippen LogP contribution < -0.4 is 4.57 Å². The fraction of sp³-hybridized carbons (Fsp3) is 0.0870. The third-order valence-corrected chi connectivity index (χ3v) is 6.37. The van der Waals surface area contributed by atoms with Crippen LogP contribution in [0.5, 0.6) is 5.75 Å². The predicted molar refractivity (Wildman–Crippen MR) is 127 cm³/mol. The number of hydrogen-bond acceptors (Lipinski definition) is 5. The molecule has 2 rings (SSSR count). The average molecular weight is 491 g/mol. The Hall–Kier alpha value is -3.31. The van der Waals surface area contributed by atoms with E-state index in [0.717, 1.165) is 0 Å². The van der Waals surface area contributed by atoms with Gasteiger partial charge in [-0.3, -0.25) is 9.11 Å². The summed E-state index contributed by atoms with van der Waals surface area (Å²) in [7, 11) is -7.29. The highest BCUT2D eigenvalue weighted by molar-refractivity contribution is 7.90. The van der Waals surface area contributed by atoms with Gasteiger partial charge >= 0.3 is 10.1 Å². The fourth-order valence-corrected chi connectivity index (χ4v) is 4.39. The van der Waals surface area contributed by atoms with Gasteiger partial charge in [0.1, 0.15) is 12.8 Å². The quantitative estimate of drug-likeness (QED) is 0.293. The van der Waals surface area contributed by atoms with Crippen LogP contribution in [0.1, 0.15) is 23.6 Å². The molecule has 1 heterocycles. The van der Waals surface area contributed by atoms with Crippen molar-refractivity contribution in [1.29, 1.82) is 0 Å². The Morgan fingerprint density at radius 3 is 2.27 bits per heavy atom. The first-order chi connectivity index (χ1) is 15.4. The van der Waals surface area contributed by atoms with Crippen molar-refractivity contribution in [3.8, 4) is 5.75 Å². The minimum atomic E-state index is -4.46. The van der Waals surface area contributed by atoms with E-state index in [2.05, 4.69) is 6.58 Å². The smallest absolute Gasteiger partial charge is 0.301 e. The molecule has 174 valence electrons. The third kappa shape index (κ3) is 7.09. The van der Waals surface area contributed by atoms with Gasteiger partial charge in [0.05, 0.1) is 4.91 Å². The molecule has 0 unspecified atom stereocenters. The Balaban J connectivity index is 2.45. The predicted octanol–water partition coefficient (Wildman–Crippen LogP) is 3.55. The molecule has 0 radical (unpaired) electrons. The number of allylic oxidation sites excluding steroid dienone is 5. The summed E-state index contributed by atoms with van der Waals surface area (Å²) in [5.74, 6) is -0.0766. The summed E-state index contributed by atoms with van der Waals surface area (Å²) in [6.45, 7) is 5.02. The lowest BCUT2D eigenvalue weighted by Crippen LogP contribution is -2.28. The normalized spacial score (nSPS) is 13.7. The second-order valence-corrected chi connectivity index (χ2v) is 9.66. The Labute approximate surface area is 193 Å². The molecule has 0 bridgehead atoms. The molecule has 0 aliphatic carbocycles. The van der Waals surface area contributed by atoms with Crippen LogP contribution in [0, 0.1) is 0 Å². The maximum absolute atomic E-state index is 11.7. The monoisotopic (exact) mass is 490 g/mol. The summed E-state index contributed by atoms with van der Waals surface area (Å²) in [4.78, 5) is -0.574. The molecular weight excluding hydrogens is 466 g/mol. The molecule has 0 atom stereocenters. The number of aryl methyl sites for hydroxylation is 1. The van der Waals surface area contributed by atoms with E-state index in [-0.39, 0.29) is 26.7 Å². The van der Waals surface area contributed by atoms with Gasteiger partial charge in [-0.15, -0.1) is 0 Å². The molecule has 0 amide bonds. The van der Waals surface area contributed by atoms with Crippen LogP contribution in [0.3, 0.4) is 0 Å². The minimum Gasteiger partial charge on any atom is -0.507 e. The van der Waals surface area contributed by atoms with Crippen molar-refractivity contribution in [3.63, 3.8) is 0 Å². The van der Waals surface area contributed by atoms with Crippen molar-refractivity contribution in [3.05, 3.63) is 94.7 Å². The number of nitrogens with zero attached hydrogens (tertiary/aromatic N) is 1. The fourth-order valence-electron chi connectivity index (χ4n) is 2.92. The highest BCUT2D eigenvalue weighted by Crippen LogP contribution is 2.25. The second kappa shape index (κ2) is 10.5. The van der Waals surface area contributed by atoms with Gasteiger partial charge in [0, 0.05) is 17.2 Å². The van der Waals surface area contributed by atoms with Crippen molar-refractivity contribution in [2.75, 3.05) is 0 Å². The molecule has 0 fully saturated rings. The van der Waals surface area contributed by atoms with E-state index in [4.69, 9.17) is 0 Å². The van der Waals surface area contributed by atoms with Crippen molar-refractivity contribution >= 4 is 38.5 Å². The van der Waals surface area contributed by atoms with Gasteiger partial charge in [-0.1, -0.05) is 55.2 Å². The van der Waals surface area contributed by atoms with E-state index in [1.54, 1.807) is 31.5 Å². The highest BCUT2D eigenvalue weighted by Gasteiger charge is 2.18. The molecule has 8 nitrogen and oxygen atoms in total. The number of phenolic OH excluding ortho intramolecular Hbond substituents is 1. The molecule has 0 aliphatic rings. The summed E-state index contributed by atoms with van der Waals surface area (Å²) in [5.41, 5.74) is 1.36. The molecule has 2 aromatic rings. The van der Waals surface area contributed by atoms with Gasteiger partial charge in [-0.2, -0.15) is 16.8 Å². The van der Waals surface area contributed by atoms with Crippen LogP contribution in [-0.4, -0.2) is 31.0 Å². The number of benzene rings is 1. The van der Waals surface area contributed by atoms with Gasteiger partial charge < -0.3 is 5.11 Å². The van der Waals surface area contributed by atoms with Gasteiger partial charge in [0.25, 0.3) is 10.1 Å². The maximum atomic E-state index is 11.7. The summed E-state index contributed by atoms with van der Waals surface area (Å²) in [5, 5.41) is 10.2. The lowest BCUT2D eigenvalue weighted by Gasteiger charge is -2.05. The van der Waals surface area contributed by atoms with Gasteiger partial charge in [-0.25, -0.2) is 4.57 Å². The third-order valence-electron chi connectivity index (χ3n) is 4.44. The Bertz CT molecular complexity index is 1400. The molecule has 0 saturated carbocycles. The number of aromatic nitrogens is 1. The largest absolute Gasteiger partial charge is 0.507 e. The Morgan fingerprint density at radius 2 is 1.70 bits per heavy atom. The topological polar surface area (TPSA) is 133 Å².